The van der Waals surface area contributed by atoms with Crippen LogP contribution in [0.25, 0.3) is 0 Å². The van der Waals surface area contributed by atoms with E-state index in [-0.39, 0.29) is 12.1 Å². The first-order valence-electron chi connectivity index (χ1n) is 5.87. The second-order valence-corrected chi connectivity index (χ2v) is 4.12. The highest BCUT2D eigenvalue weighted by Gasteiger charge is 2.18. The summed E-state index contributed by atoms with van der Waals surface area (Å²) in [5.41, 5.74) is 7.08. The van der Waals surface area contributed by atoms with Crippen LogP contribution >= 0.6 is 0 Å². The lowest BCUT2D eigenvalue weighted by Crippen LogP contribution is -2.26. The van der Waals surface area contributed by atoms with E-state index < -0.39 is 0 Å². The minimum absolute atomic E-state index is 0.00886. The fourth-order valence-corrected chi connectivity index (χ4v) is 1.79. The predicted octanol–water partition coefficient (Wildman–Crippen LogP) is 1.48. The smallest absolute Gasteiger partial charge is 0.338 e. The van der Waals surface area contributed by atoms with Gasteiger partial charge >= 0.3 is 5.97 Å². The van der Waals surface area contributed by atoms with Crippen molar-refractivity contribution in [2.75, 3.05) is 13.2 Å². The zero-order valence-electron chi connectivity index (χ0n) is 9.72. The minimum Gasteiger partial charge on any atom is -0.459 e. The van der Waals surface area contributed by atoms with Gasteiger partial charge in [-0.05, 0) is 17.7 Å². The molecule has 0 radical (unpaired) electrons. The lowest BCUT2D eigenvalue weighted by Gasteiger charge is -2.22. The number of carbonyl (C=O) groups is 1. The van der Waals surface area contributed by atoms with E-state index in [2.05, 4.69) is 0 Å². The number of carbonyl (C=O) groups excluding carboxylic acids is 1. The van der Waals surface area contributed by atoms with Crippen LogP contribution in [0, 0.1) is 0 Å². The van der Waals surface area contributed by atoms with Crippen LogP contribution in [-0.4, -0.2) is 25.3 Å². The quantitative estimate of drug-likeness (QED) is 0.806. The Balaban J connectivity index is 1.93. The Hall–Kier alpha value is -1.39. The van der Waals surface area contributed by atoms with Crippen molar-refractivity contribution in [2.45, 2.75) is 25.5 Å². The first kappa shape index (κ1) is 12.1. The van der Waals surface area contributed by atoms with Gasteiger partial charge in [0.1, 0.15) is 6.10 Å². The maximum Gasteiger partial charge on any atom is 0.338 e. The standard InChI is InChI=1S/C13H17NO3/c14-9-10-1-3-11(4-2-10)13(15)17-12-5-7-16-8-6-12/h1-4,12H,5-9,14H2. The van der Waals surface area contributed by atoms with Crippen molar-refractivity contribution >= 4 is 5.97 Å². The largest absolute Gasteiger partial charge is 0.459 e. The van der Waals surface area contributed by atoms with Crippen molar-refractivity contribution in [1.82, 2.24) is 0 Å². The third-order valence-electron chi connectivity index (χ3n) is 2.87. The van der Waals surface area contributed by atoms with E-state index in [0.717, 1.165) is 18.4 Å². The van der Waals surface area contributed by atoms with Gasteiger partial charge in [-0.15, -0.1) is 0 Å². The predicted molar refractivity (Wildman–Crippen MR) is 63.6 cm³/mol. The highest BCUT2D eigenvalue weighted by molar-refractivity contribution is 5.89. The molecule has 1 heterocycles. The van der Waals surface area contributed by atoms with E-state index >= 15 is 0 Å². The normalized spacial score (nSPS) is 16.8. The zero-order valence-corrected chi connectivity index (χ0v) is 9.72. The number of hydrogen-bond acceptors (Lipinski definition) is 4. The number of rotatable bonds is 3. The van der Waals surface area contributed by atoms with Crippen molar-refractivity contribution in [2.24, 2.45) is 5.73 Å². The summed E-state index contributed by atoms with van der Waals surface area (Å²) in [6.45, 7) is 1.82. The van der Waals surface area contributed by atoms with Gasteiger partial charge in [-0.1, -0.05) is 12.1 Å². The van der Waals surface area contributed by atoms with Gasteiger partial charge < -0.3 is 15.2 Å². The van der Waals surface area contributed by atoms with Crippen LogP contribution in [0.3, 0.4) is 0 Å². The molecule has 0 aliphatic carbocycles. The summed E-state index contributed by atoms with van der Waals surface area (Å²) in [4.78, 5) is 11.8. The van der Waals surface area contributed by atoms with Crippen LogP contribution < -0.4 is 5.73 Å². The van der Waals surface area contributed by atoms with Gasteiger partial charge in [-0.2, -0.15) is 0 Å². The molecule has 92 valence electrons. The van der Waals surface area contributed by atoms with E-state index in [9.17, 15) is 4.79 Å². The molecule has 0 bridgehead atoms. The molecule has 2 N–H and O–H groups in total. The highest BCUT2D eigenvalue weighted by atomic mass is 16.6. The molecular weight excluding hydrogens is 218 g/mol. The highest BCUT2D eigenvalue weighted by Crippen LogP contribution is 2.14. The van der Waals surface area contributed by atoms with E-state index in [1.54, 1.807) is 12.1 Å². The van der Waals surface area contributed by atoms with Crippen LogP contribution in [0.4, 0.5) is 0 Å². The van der Waals surface area contributed by atoms with E-state index in [1.807, 2.05) is 12.1 Å². The number of esters is 1. The SMILES string of the molecule is NCc1ccc(C(=O)OC2CCOCC2)cc1. The number of nitrogens with two attached hydrogens (primary N) is 1. The Morgan fingerprint density at radius 2 is 1.94 bits per heavy atom. The third-order valence-corrected chi connectivity index (χ3v) is 2.87. The molecule has 2 rings (SSSR count). The average molecular weight is 235 g/mol. The molecule has 0 unspecified atom stereocenters. The van der Waals surface area contributed by atoms with E-state index in [1.165, 1.54) is 0 Å². The fraction of sp³-hybridized carbons (Fsp3) is 0.462. The maximum atomic E-state index is 11.8. The minimum atomic E-state index is -0.263. The molecule has 0 spiro atoms. The Morgan fingerprint density at radius 3 is 2.53 bits per heavy atom. The molecule has 0 aromatic heterocycles. The Morgan fingerprint density at radius 1 is 1.29 bits per heavy atom. The summed E-state index contributed by atoms with van der Waals surface area (Å²) in [6, 6.07) is 7.20. The third kappa shape index (κ3) is 3.28. The molecule has 1 aliphatic heterocycles. The molecule has 1 saturated heterocycles. The molecule has 1 aliphatic rings. The van der Waals surface area contributed by atoms with Crippen LogP contribution in [0.5, 0.6) is 0 Å². The Labute approximate surface area is 101 Å². The van der Waals surface area contributed by atoms with Crippen molar-refractivity contribution in [1.29, 1.82) is 0 Å². The molecule has 17 heavy (non-hydrogen) atoms. The van der Waals surface area contributed by atoms with Gasteiger partial charge in [0.2, 0.25) is 0 Å². The van der Waals surface area contributed by atoms with Crippen molar-refractivity contribution in [3.05, 3.63) is 35.4 Å². The molecule has 0 atom stereocenters. The van der Waals surface area contributed by atoms with Crippen molar-refractivity contribution < 1.29 is 14.3 Å². The number of ether oxygens (including phenoxy) is 2. The summed E-state index contributed by atoms with van der Waals surface area (Å²) in [5, 5.41) is 0. The number of benzene rings is 1. The molecule has 4 nitrogen and oxygen atoms in total. The number of hydrogen-bond donors (Lipinski definition) is 1. The van der Waals surface area contributed by atoms with Gasteiger partial charge in [0.25, 0.3) is 0 Å². The summed E-state index contributed by atoms with van der Waals surface area (Å²) in [6.07, 6.45) is 1.56. The van der Waals surface area contributed by atoms with Crippen molar-refractivity contribution in [3.8, 4) is 0 Å². The monoisotopic (exact) mass is 235 g/mol. The van der Waals surface area contributed by atoms with Crippen LogP contribution in [-0.2, 0) is 16.0 Å². The summed E-state index contributed by atoms with van der Waals surface area (Å²) < 4.78 is 10.6. The molecule has 1 aromatic carbocycles. The average Bonchev–Trinajstić information content (AvgIpc) is 2.40. The van der Waals surface area contributed by atoms with Crippen LogP contribution in [0.2, 0.25) is 0 Å². The Kier molecular flexibility index (Phi) is 4.12. The maximum absolute atomic E-state index is 11.8. The second kappa shape index (κ2) is 5.80. The first-order valence-corrected chi connectivity index (χ1v) is 5.87. The van der Waals surface area contributed by atoms with Gasteiger partial charge in [-0.25, -0.2) is 4.79 Å². The first-order chi connectivity index (χ1) is 8.29. The summed E-state index contributed by atoms with van der Waals surface area (Å²) in [5.74, 6) is -0.263. The Bertz CT molecular complexity index is 369. The molecule has 0 saturated carbocycles. The lowest BCUT2D eigenvalue weighted by atomic mass is 10.1. The molecule has 1 fully saturated rings. The van der Waals surface area contributed by atoms with Gasteiger partial charge in [0.15, 0.2) is 0 Å². The fourth-order valence-electron chi connectivity index (χ4n) is 1.79. The van der Waals surface area contributed by atoms with E-state index in [0.29, 0.717) is 25.3 Å². The van der Waals surface area contributed by atoms with Crippen LogP contribution in [0.1, 0.15) is 28.8 Å². The molecular formula is C13H17NO3. The van der Waals surface area contributed by atoms with Crippen molar-refractivity contribution in [3.63, 3.8) is 0 Å². The topological polar surface area (TPSA) is 61.6 Å². The second-order valence-electron chi connectivity index (χ2n) is 4.12. The lowest BCUT2D eigenvalue weighted by molar-refractivity contribution is -0.0159. The zero-order chi connectivity index (χ0) is 12.1. The van der Waals surface area contributed by atoms with Crippen LogP contribution in [0.15, 0.2) is 24.3 Å². The summed E-state index contributed by atoms with van der Waals surface area (Å²) >= 11 is 0. The molecule has 0 amide bonds. The van der Waals surface area contributed by atoms with Gasteiger partial charge in [0, 0.05) is 19.4 Å². The summed E-state index contributed by atoms with van der Waals surface area (Å²) in [7, 11) is 0. The van der Waals surface area contributed by atoms with Gasteiger partial charge in [0.05, 0.1) is 18.8 Å². The molecule has 1 aromatic rings. The van der Waals surface area contributed by atoms with E-state index in [4.69, 9.17) is 15.2 Å². The molecule has 4 heteroatoms. The van der Waals surface area contributed by atoms with Gasteiger partial charge in [-0.3, -0.25) is 0 Å².